The highest BCUT2D eigenvalue weighted by Crippen LogP contribution is 2.26. The molecule has 0 aliphatic heterocycles. The van der Waals surface area contributed by atoms with Gasteiger partial charge in [0.1, 0.15) is 6.61 Å². The van der Waals surface area contributed by atoms with Gasteiger partial charge in [0.2, 0.25) is 11.6 Å². The van der Waals surface area contributed by atoms with Crippen molar-refractivity contribution in [3.8, 4) is 5.75 Å². The average molecular weight is 277 g/mol. The molecule has 0 bridgehead atoms. The Hall–Kier alpha value is -2.28. The minimum atomic E-state index is -1.75. The number of nitrogens with zero attached hydrogens (tertiary/aromatic N) is 3. The molecular formula is C10H7F4N3O2. The van der Waals surface area contributed by atoms with Crippen LogP contribution in [0.1, 0.15) is 6.92 Å². The summed E-state index contributed by atoms with van der Waals surface area (Å²) < 4.78 is 56.3. The molecule has 0 fully saturated rings. The Balaban J connectivity index is 2.90. The molecule has 0 radical (unpaired) electrons. The molecule has 9 heteroatoms. The van der Waals surface area contributed by atoms with Crippen molar-refractivity contribution < 1.29 is 27.1 Å². The number of benzene rings is 1. The molecule has 1 aromatic carbocycles. The molecule has 5 nitrogen and oxygen atoms in total. The number of ether oxygens (including phenoxy) is 1. The second-order valence-corrected chi connectivity index (χ2v) is 3.43. The van der Waals surface area contributed by atoms with Gasteiger partial charge in [-0.05, 0) is 12.5 Å². The van der Waals surface area contributed by atoms with Gasteiger partial charge in [-0.15, -0.1) is 0 Å². The van der Waals surface area contributed by atoms with Crippen LogP contribution in [0.25, 0.3) is 10.4 Å². The van der Waals surface area contributed by atoms with Crippen molar-refractivity contribution in [1.29, 1.82) is 0 Å². The lowest BCUT2D eigenvalue weighted by molar-refractivity contribution is -0.121. The second-order valence-electron chi connectivity index (χ2n) is 3.43. The molecule has 0 amide bonds. The van der Waals surface area contributed by atoms with Gasteiger partial charge in [0, 0.05) is 11.0 Å². The Morgan fingerprint density at radius 3 is 2.37 bits per heavy atom. The number of hydrogen-bond donors (Lipinski definition) is 0. The largest absolute Gasteiger partial charge is 0.480 e. The van der Waals surface area contributed by atoms with Gasteiger partial charge in [-0.3, -0.25) is 4.79 Å². The first-order valence-electron chi connectivity index (χ1n) is 4.91. The number of azide groups is 1. The van der Waals surface area contributed by atoms with Crippen LogP contribution in [0.4, 0.5) is 17.6 Å². The fourth-order valence-electron chi connectivity index (χ4n) is 1.08. The van der Waals surface area contributed by atoms with Crippen LogP contribution in [-0.4, -0.2) is 18.4 Å². The molecule has 0 aromatic heterocycles. The van der Waals surface area contributed by atoms with Crippen molar-refractivity contribution in [3.05, 3.63) is 39.8 Å². The summed E-state index contributed by atoms with van der Waals surface area (Å²) in [5.74, 6) is -8.93. The van der Waals surface area contributed by atoms with E-state index in [1.165, 1.54) is 6.92 Å². The van der Waals surface area contributed by atoms with Gasteiger partial charge in [0.15, 0.2) is 23.2 Å². The molecule has 1 atom stereocenters. The average Bonchev–Trinajstić information content (AvgIpc) is 2.36. The van der Waals surface area contributed by atoms with Gasteiger partial charge in [0.05, 0.1) is 6.04 Å². The molecule has 0 saturated heterocycles. The third-order valence-corrected chi connectivity index (χ3v) is 2.12. The first-order chi connectivity index (χ1) is 8.88. The normalized spacial score (nSPS) is 11.6. The summed E-state index contributed by atoms with van der Waals surface area (Å²) in [6, 6.07) is -1.11. The molecule has 0 spiro atoms. The summed E-state index contributed by atoms with van der Waals surface area (Å²) >= 11 is 0. The fourth-order valence-corrected chi connectivity index (χ4v) is 1.08. The van der Waals surface area contributed by atoms with E-state index in [-0.39, 0.29) is 6.07 Å². The molecule has 102 valence electrons. The van der Waals surface area contributed by atoms with Gasteiger partial charge >= 0.3 is 0 Å². The zero-order chi connectivity index (χ0) is 14.6. The van der Waals surface area contributed by atoms with E-state index >= 15 is 0 Å². The Morgan fingerprint density at radius 2 is 1.89 bits per heavy atom. The van der Waals surface area contributed by atoms with E-state index in [2.05, 4.69) is 14.8 Å². The SMILES string of the molecule is C[C@H](N=[N+]=[N-])C(=O)COc1c(F)c(F)cc(F)c1F. The van der Waals surface area contributed by atoms with Crippen molar-refractivity contribution in [2.45, 2.75) is 13.0 Å². The summed E-state index contributed by atoms with van der Waals surface area (Å²) in [4.78, 5) is 13.6. The van der Waals surface area contributed by atoms with Crippen LogP contribution < -0.4 is 4.74 Å². The molecule has 0 aliphatic carbocycles. The van der Waals surface area contributed by atoms with Gasteiger partial charge in [0.25, 0.3) is 0 Å². The Kier molecular flexibility index (Phi) is 4.71. The predicted molar refractivity (Wildman–Crippen MR) is 55.4 cm³/mol. The molecular weight excluding hydrogens is 270 g/mol. The zero-order valence-electron chi connectivity index (χ0n) is 9.53. The van der Waals surface area contributed by atoms with E-state index in [0.29, 0.717) is 0 Å². The number of rotatable bonds is 5. The predicted octanol–water partition coefficient (Wildman–Crippen LogP) is 2.89. The van der Waals surface area contributed by atoms with Crippen LogP contribution in [-0.2, 0) is 4.79 Å². The van der Waals surface area contributed by atoms with Crippen molar-refractivity contribution >= 4 is 5.78 Å². The fraction of sp³-hybridized carbons (Fsp3) is 0.300. The topological polar surface area (TPSA) is 75.1 Å². The number of halogens is 4. The van der Waals surface area contributed by atoms with Crippen molar-refractivity contribution in [3.63, 3.8) is 0 Å². The molecule has 0 unspecified atom stereocenters. The zero-order valence-corrected chi connectivity index (χ0v) is 9.53. The van der Waals surface area contributed by atoms with Gasteiger partial charge in [-0.25, -0.2) is 8.78 Å². The lowest BCUT2D eigenvalue weighted by Crippen LogP contribution is -2.22. The van der Waals surface area contributed by atoms with E-state index in [1.54, 1.807) is 0 Å². The second kappa shape index (κ2) is 6.05. The molecule has 0 aliphatic rings. The maximum absolute atomic E-state index is 13.1. The minimum absolute atomic E-state index is 0.0158. The summed E-state index contributed by atoms with van der Waals surface area (Å²) in [5.41, 5.74) is 8.08. The Morgan fingerprint density at radius 1 is 1.37 bits per heavy atom. The number of carbonyl (C=O) groups excluding carboxylic acids is 1. The molecule has 19 heavy (non-hydrogen) atoms. The first kappa shape index (κ1) is 14.8. The van der Waals surface area contributed by atoms with Crippen molar-refractivity contribution in [2.75, 3.05) is 6.61 Å². The van der Waals surface area contributed by atoms with Crippen LogP contribution in [0.5, 0.6) is 5.75 Å². The van der Waals surface area contributed by atoms with E-state index in [4.69, 9.17) is 5.53 Å². The molecule has 1 rings (SSSR count). The number of hydrogen-bond acceptors (Lipinski definition) is 3. The van der Waals surface area contributed by atoms with Gasteiger partial charge in [-0.1, -0.05) is 5.11 Å². The minimum Gasteiger partial charge on any atom is -0.480 e. The smallest absolute Gasteiger partial charge is 0.203 e. The monoisotopic (exact) mass is 277 g/mol. The van der Waals surface area contributed by atoms with Gasteiger partial charge in [-0.2, -0.15) is 8.78 Å². The maximum atomic E-state index is 13.1. The van der Waals surface area contributed by atoms with Crippen LogP contribution in [0.15, 0.2) is 11.2 Å². The highest BCUT2D eigenvalue weighted by Gasteiger charge is 2.22. The summed E-state index contributed by atoms with van der Waals surface area (Å²) in [6.07, 6.45) is 0. The number of Topliss-reactive ketones (excluding diaryl/α,β-unsaturated/α-hetero) is 1. The molecule has 1 aromatic rings. The van der Waals surface area contributed by atoms with Gasteiger partial charge < -0.3 is 4.74 Å². The summed E-state index contributed by atoms with van der Waals surface area (Å²) in [5, 5.41) is 3.03. The quantitative estimate of drug-likeness (QED) is 0.273. The Bertz CT molecular complexity index is 532. The van der Waals surface area contributed by atoms with Crippen molar-refractivity contribution in [1.82, 2.24) is 0 Å². The third-order valence-electron chi connectivity index (χ3n) is 2.12. The van der Waals surface area contributed by atoms with Crippen molar-refractivity contribution in [2.24, 2.45) is 5.11 Å². The third kappa shape index (κ3) is 3.35. The lowest BCUT2D eigenvalue weighted by atomic mass is 10.2. The molecule has 0 heterocycles. The lowest BCUT2D eigenvalue weighted by Gasteiger charge is -2.09. The van der Waals surface area contributed by atoms with Crippen LogP contribution in [0.3, 0.4) is 0 Å². The van der Waals surface area contributed by atoms with E-state index < -0.39 is 47.5 Å². The highest BCUT2D eigenvalue weighted by atomic mass is 19.2. The number of carbonyl (C=O) groups is 1. The van der Waals surface area contributed by atoms with E-state index in [9.17, 15) is 22.4 Å². The molecule has 0 N–H and O–H groups in total. The van der Waals surface area contributed by atoms with Crippen LogP contribution in [0, 0.1) is 23.3 Å². The summed E-state index contributed by atoms with van der Waals surface area (Å²) in [6.45, 7) is 0.335. The standard InChI is InChI=1S/C10H7F4N3O2/c1-4(16-17-15)7(18)3-19-10-8(13)5(11)2-6(12)9(10)14/h2,4H,3H2,1H3/t4-/m0/s1. The van der Waals surface area contributed by atoms with Crippen LogP contribution >= 0.6 is 0 Å². The Labute approximate surface area is 104 Å². The van der Waals surface area contributed by atoms with E-state index in [1.807, 2.05) is 0 Å². The first-order valence-corrected chi connectivity index (χ1v) is 4.91. The highest BCUT2D eigenvalue weighted by molar-refractivity contribution is 5.85. The maximum Gasteiger partial charge on any atom is 0.203 e. The molecule has 0 saturated carbocycles. The van der Waals surface area contributed by atoms with Crippen LogP contribution in [0.2, 0.25) is 0 Å². The van der Waals surface area contributed by atoms with E-state index in [0.717, 1.165) is 0 Å². The summed E-state index contributed by atoms with van der Waals surface area (Å²) in [7, 11) is 0. The number of ketones is 1.